The largest absolute Gasteiger partial charge is 0.493 e. The van der Waals surface area contributed by atoms with E-state index in [1.165, 1.54) is 18.4 Å². The van der Waals surface area contributed by atoms with E-state index in [0.29, 0.717) is 19.8 Å². The van der Waals surface area contributed by atoms with Crippen LogP contribution in [0.1, 0.15) is 35.9 Å². The molecule has 2 aliphatic rings. The number of carbonyl (C=O) groups is 1. The first-order chi connectivity index (χ1) is 14.7. The Labute approximate surface area is 182 Å². The van der Waals surface area contributed by atoms with Crippen molar-refractivity contribution < 1.29 is 14.3 Å². The van der Waals surface area contributed by atoms with Crippen LogP contribution in [0.5, 0.6) is 0 Å². The van der Waals surface area contributed by atoms with Gasteiger partial charge in [0.25, 0.3) is 5.91 Å². The average Bonchev–Trinajstić information content (AvgIpc) is 3.42. The van der Waals surface area contributed by atoms with Gasteiger partial charge in [-0.1, -0.05) is 29.8 Å². The second kappa shape index (κ2) is 10.2. The fourth-order valence-electron chi connectivity index (χ4n) is 4.02. The molecule has 0 radical (unpaired) electrons. The molecule has 6 heteroatoms. The number of ether oxygens (including phenoxy) is 2. The molecule has 5 nitrogen and oxygen atoms in total. The summed E-state index contributed by atoms with van der Waals surface area (Å²) < 4.78 is 12.2. The highest BCUT2D eigenvalue weighted by Gasteiger charge is 2.21. The number of nitrogens with one attached hydrogen (secondary N) is 1. The summed E-state index contributed by atoms with van der Waals surface area (Å²) in [4.78, 5) is 16.2. The number of likely N-dealkylation sites (tertiary alicyclic amines) is 1. The standard InChI is InChI=1S/C24H30N2O3S/c1-18(8-9-21-17-28-12-13-29-21)14-20(16-26-10-4-5-11-26)25-24(27)23-15-19-6-2-3-7-22(19)30-23/h2-3,6-9,15,20H,4-5,10-14,16-17H2,1H3,(H,25,27)/b18-8+,21-9+. The maximum absolute atomic E-state index is 13.0. The van der Waals surface area contributed by atoms with Gasteiger partial charge in [-0.25, -0.2) is 0 Å². The summed E-state index contributed by atoms with van der Waals surface area (Å²) in [6.45, 7) is 7.04. The van der Waals surface area contributed by atoms with Gasteiger partial charge in [-0.15, -0.1) is 11.3 Å². The number of allylic oxidation sites excluding steroid dienone is 2. The first kappa shape index (κ1) is 21.1. The van der Waals surface area contributed by atoms with Crippen LogP contribution in [0.3, 0.4) is 0 Å². The van der Waals surface area contributed by atoms with E-state index in [4.69, 9.17) is 9.47 Å². The van der Waals surface area contributed by atoms with E-state index in [0.717, 1.165) is 46.8 Å². The van der Waals surface area contributed by atoms with Crippen molar-refractivity contribution in [1.29, 1.82) is 0 Å². The number of hydrogen-bond acceptors (Lipinski definition) is 5. The third-order valence-corrected chi connectivity index (χ3v) is 6.66. The molecule has 1 amide bonds. The quantitative estimate of drug-likeness (QED) is 0.715. The molecule has 3 heterocycles. The van der Waals surface area contributed by atoms with E-state index in [1.807, 2.05) is 24.3 Å². The Hall–Kier alpha value is -2.15. The number of benzene rings is 1. The predicted octanol–water partition coefficient (Wildman–Crippen LogP) is 4.36. The van der Waals surface area contributed by atoms with Crippen molar-refractivity contribution in [3.8, 4) is 0 Å². The number of hydrogen-bond donors (Lipinski definition) is 1. The first-order valence-electron chi connectivity index (χ1n) is 10.8. The topological polar surface area (TPSA) is 50.8 Å². The van der Waals surface area contributed by atoms with Gasteiger partial charge in [-0.3, -0.25) is 4.79 Å². The zero-order valence-electron chi connectivity index (χ0n) is 17.6. The van der Waals surface area contributed by atoms with Gasteiger partial charge >= 0.3 is 0 Å². The normalized spacial score (nSPS) is 20.4. The molecular weight excluding hydrogens is 396 g/mol. The molecular formula is C24H30N2O3S. The van der Waals surface area contributed by atoms with E-state index < -0.39 is 0 Å². The van der Waals surface area contributed by atoms with Gasteiger partial charge in [0.2, 0.25) is 0 Å². The highest BCUT2D eigenvalue weighted by atomic mass is 32.1. The van der Waals surface area contributed by atoms with E-state index in [9.17, 15) is 4.79 Å². The zero-order valence-corrected chi connectivity index (χ0v) is 18.4. The smallest absolute Gasteiger partial charge is 0.261 e. The zero-order chi connectivity index (χ0) is 20.8. The van der Waals surface area contributed by atoms with Gasteiger partial charge in [0.15, 0.2) is 0 Å². The molecule has 0 bridgehead atoms. The molecule has 1 N–H and O–H groups in total. The monoisotopic (exact) mass is 426 g/mol. The Morgan fingerprint density at radius 2 is 2.10 bits per heavy atom. The average molecular weight is 427 g/mol. The van der Waals surface area contributed by atoms with E-state index in [2.05, 4.69) is 35.3 Å². The summed E-state index contributed by atoms with van der Waals surface area (Å²) in [5, 5.41) is 4.43. The minimum Gasteiger partial charge on any atom is -0.493 e. The summed E-state index contributed by atoms with van der Waals surface area (Å²) in [5.41, 5.74) is 1.22. The Bertz CT molecular complexity index is 886. The molecule has 160 valence electrons. The molecule has 2 aliphatic heterocycles. The number of fused-ring (bicyclic) bond motifs is 1. The minimum atomic E-state index is 0.0237. The van der Waals surface area contributed by atoms with Gasteiger partial charge in [-0.05, 0) is 62.9 Å². The first-order valence-corrected chi connectivity index (χ1v) is 11.6. The van der Waals surface area contributed by atoms with Crippen LogP contribution in [0.25, 0.3) is 10.1 Å². The molecule has 0 aliphatic carbocycles. The van der Waals surface area contributed by atoms with Crippen LogP contribution in [-0.2, 0) is 9.47 Å². The molecule has 2 fully saturated rings. The van der Waals surface area contributed by atoms with Crippen LogP contribution in [0.2, 0.25) is 0 Å². The van der Waals surface area contributed by atoms with Crippen LogP contribution in [0, 0.1) is 0 Å². The fraction of sp³-hybridized carbons (Fsp3) is 0.458. The molecule has 2 saturated heterocycles. The van der Waals surface area contributed by atoms with E-state index in [1.54, 1.807) is 11.3 Å². The lowest BCUT2D eigenvalue weighted by Crippen LogP contribution is -2.43. The molecule has 1 atom stereocenters. The highest BCUT2D eigenvalue weighted by Crippen LogP contribution is 2.25. The lowest BCUT2D eigenvalue weighted by atomic mass is 10.1. The van der Waals surface area contributed by atoms with Crippen LogP contribution in [0.15, 0.2) is 53.8 Å². The summed E-state index contributed by atoms with van der Waals surface area (Å²) in [6, 6.07) is 10.2. The van der Waals surface area contributed by atoms with Crippen molar-refractivity contribution >= 4 is 27.3 Å². The van der Waals surface area contributed by atoms with Gasteiger partial charge in [0, 0.05) is 17.3 Å². The summed E-state index contributed by atoms with van der Waals surface area (Å²) in [6.07, 6.45) is 7.39. The molecule has 1 unspecified atom stereocenters. The van der Waals surface area contributed by atoms with Gasteiger partial charge in [-0.2, -0.15) is 0 Å². The van der Waals surface area contributed by atoms with Crippen LogP contribution >= 0.6 is 11.3 Å². The number of carbonyl (C=O) groups excluding carboxylic acids is 1. The number of nitrogens with zero attached hydrogens (tertiary/aromatic N) is 1. The lowest BCUT2D eigenvalue weighted by molar-refractivity contribution is 0.0135. The molecule has 1 aromatic heterocycles. The van der Waals surface area contributed by atoms with Crippen LogP contribution in [0.4, 0.5) is 0 Å². The van der Waals surface area contributed by atoms with Crippen molar-refractivity contribution in [3.05, 3.63) is 58.7 Å². The Kier molecular flexibility index (Phi) is 7.20. The predicted molar refractivity (Wildman–Crippen MR) is 122 cm³/mol. The van der Waals surface area contributed by atoms with Crippen molar-refractivity contribution in [3.63, 3.8) is 0 Å². The molecule has 1 aromatic carbocycles. The number of rotatable bonds is 7. The highest BCUT2D eigenvalue weighted by molar-refractivity contribution is 7.20. The van der Waals surface area contributed by atoms with E-state index >= 15 is 0 Å². The van der Waals surface area contributed by atoms with Crippen LogP contribution < -0.4 is 5.32 Å². The molecule has 0 spiro atoms. The van der Waals surface area contributed by atoms with E-state index in [-0.39, 0.29) is 11.9 Å². The maximum Gasteiger partial charge on any atom is 0.261 e. The lowest BCUT2D eigenvalue weighted by Gasteiger charge is -2.24. The molecule has 0 saturated carbocycles. The molecule has 30 heavy (non-hydrogen) atoms. The molecule has 2 aromatic rings. The maximum atomic E-state index is 13.0. The number of thiophene rings is 1. The SMILES string of the molecule is C/C(=C\C=C1/COCCO1)CC(CN1CCCC1)NC(=O)c1cc2ccccc2s1. The van der Waals surface area contributed by atoms with Crippen molar-refractivity contribution in [2.45, 2.75) is 32.2 Å². The van der Waals surface area contributed by atoms with Gasteiger partial charge in [0.05, 0.1) is 11.5 Å². The van der Waals surface area contributed by atoms with Gasteiger partial charge in [0.1, 0.15) is 19.0 Å². The van der Waals surface area contributed by atoms with Gasteiger partial charge < -0.3 is 19.7 Å². The second-order valence-electron chi connectivity index (χ2n) is 8.08. The third-order valence-electron chi connectivity index (χ3n) is 5.54. The Balaban J connectivity index is 1.43. The van der Waals surface area contributed by atoms with Crippen LogP contribution in [-0.4, -0.2) is 56.3 Å². The molecule has 4 rings (SSSR count). The fourth-order valence-corrected chi connectivity index (χ4v) is 4.99. The van der Waals surface area contributed by atoms with Crippen molar-refractivity contribution in [2.24, 2.45) is 0 Å². The Morgan fingerprint density at radius 1 is 1.27 bits per heavy atom. The Morgan fingerprint density at radius 3 is 2.87 bits per heavy atom. The number of amides is 1. The second-order valence-corrected chi connectivity index (χ2v) is 9.16. The summed E-state index contributed by atoms with van der Waals surface area (Å²) in [5.74, 6) is 0.890. The van der Waals surface area contributed by atoms with Crippen molar-refractivity contribution in [1.82, 2.24) is 10.2 Å². The van der Waals surface area contributed by atoms with Crippen molar-refractivity contribution in [2.75, 3.05) is 39.5 Å². The summed E-state index contributed by atoms with van der Waals surface area (Å²) >= 11 is 1.56. The summed E-state index contributed by atoms with van der Waals surface area (Å²) in [7, 11) is 0. The minimum absolute atomic E-state index is 0.0237. The third kappa shape index (κ3) is 5.72.